The van der Waals surface area contributed by atoms with Gasteiger partial charge in [-0.15, -0.1) is 0 Å². The maximum Gasteiger partial charge on any atom is 0.230 e. The monoisotopic (exact) mass is 238 g/mol. The van der Waals surface area contributed by atoms with Crippen molar-refractivity contribution in [3.05, 3.63) is 24.1 Å². The fourth-order valence-electron chi connectivity index (χ4n) is 1.55. The van der Waals surface area contributed by atoms with Gasteiger partial charge in [0.2, 0.25) is 5.88 Å². The summed E-state index contributed by atoms with van der Waals surface area (Å²) in [5.74, 6) is -0.188. The van der Waals surface area contributed by atoms with Crippen molar-refractivity contribution in [3.8, 4) is 22.6 Å². The van der Waals surface area contributed by atoms with Crippen LogP contribution in [0.5, 0.6) is 11.5 Å². The summed E-state index contributed by atoms with van der Waals surface area (Å²) in [6.45, 7) is 0. The zero-order chi connectivity index (χ0) is 12.4. The third-order valence-corrected chi connectivity index (χ3v) is 2.37. The highest BCUT2D eigenvalue weighted by atomic mass is 19.1. The summed E-state index contributed by atoms with van der Waals surface area (Å²) >= 11 is 0. The Hall–Kier alpha value is -2.24. The van der Waals surface area contributed by atoms with Crippen molar-refractivity contribution in [2.45, 2.75) is 0 Å². The second-order valence-electron chi connectivity index (χ2n) is 3.27. The van der Waals surface area contributed by atoms with Crippen molar-refractivity contribution in [3.63, 3.8) is 0 Å². The van der Waals surface area contributed by atoms with Crippen molar-refractivity contribution < 1.29 is 18.4 Å². The minimum atomic E-state index is -0.568. The third-order valence-electron chi connectivity index (χ3n) is 2.37. The van der Waals surface area contributed by atoms with Gasteiger partial charge in [0, 0.05) is 5.56 Å². The van der Waals surface area contributed by atoms with E-state index in [0.29, 0.717) is 11.3 Å². The lowest BCUT2D eigenvalue weighted by Gasteiger charge is -2.10. The van der Waals surface area contributed by atoms with Crippen LogP contribution in [0.3, 0.4) is 0 Å². The zero-order valence-electron chi connectivity index (χ0n) is 9.36. The third kappa shape index (κ3) is 1.77. The van der Waals surface area contributed by atoms with Gasteiger partial charge in [-0.05, 0) is 12.1 Å². The molecule has 0 radical (unpaired) electrons. The van der Waals surface area contributed by atoms with Gasteiger partial charge in [-0.3, -0.25) is 0 Å². The first-order valence-electron chi connectivity index (χ1n) is 4.80. The van der Waals surface area contributed by atoms with E-state index in [0.717, 1.165) is 0 Å². The van der Waals surface area contributed by atoms with Gasteiger partial charge in [0.15, 0.2) is 17.3 Å². The van der Waals surface area contributed by atoms with Crippen LogP contribution in [0.15, 0.2) is 22.9 Å². The van der Waals surface area contributed by atoms with E-state index in [2.05, 4.69) is 5.16 Å². The number of benzene rings is 1. The molecule has 0 saturated carbocycles. The van der Waals surface area contributed by atoms with Crippen LogP contribution in [0.25, 0.3) is 11.1 Å². The summed E-state index contributed by atoms with van der Waals surface area (Å²) in [6, 6.07) is 3.11. The lowest BCUT2D eigenvalue weighted by Crippen LogP contribution is -1.96. The molecular weight excluding hydrogens is 227 g/mol. The highest BCUT2D eigenvalue weighted by molar-refractivity contribution is 5.74. The Kier molecular flexibility index (Phi) is 2.86. The molecule has 0 spiro atoms. The van der Waals surface area contributed by atoms with Gasteiger partial charge in [-0.25, -0.2) is 4.39 Å². The minimum Gasteiger partial charge on any atom is -0.493 e. The molecule has 0 bridgehead atoms. The number of hydrogen-bond donors (Lipinski definition) is 1. The Bertz CT molecular complexity index is 540. The molecule has 17 heavy (non-hydrogen) atoms. The Morgan fingerprint density at radius 3 is 2.53 bits per heavy atom. The molecule has 0 unspecified atom stereocenters. The molecule has 0 atom stereocenters. The van der Waals surface area contributed by atoms with E-state index in [4.69, 9.17) is 19.7 Å². The smallest absolute Gasteiger partial charge is 0.230 e. The maximum absolute atomic E-state index is 14.1. The van der Waals surface area contributed by atoms with Crippen molar-refractivity contribution in [1.82, 2.24) is 5.16 Å². The van der Waals surface area contributed by atoms with Crippen LogP contribution in [0.2, 0.25) is 0 Å². The molecule has 2 rings (SSSR count). The summed E-state index contributed by atoms with van der Waals surface area (Å²) in [4.78, 5) is 0. The highest BCUT2D eigenvalue weighted by Crippen LogP contribution is 2.38. The molecule has 5 nitrogen and oxygen atoms in total. The summed E-state index contributed by atoms with van der Waals surface area (Å²) in [5, 5.41) is 3.50. The lowest BCUT2D eigenvalue weighted by atomic mass is 10.1. The van der Waals surface area contributed by atoms with Crippen LogP contribution in [0.1, 0.15) is 0 Å². The first kappa shape index (κ1) is 11.3. The van der Waals surface area contributed by atoms with E-state index in [-0.39, 0.29) is 17.2 Å². The van der Waals surface area contributed by atoms with Crippen LogP contribution in [0, 0.1) is 5.82 Å². The molecule has 0 aliphatic carbocycles. The van der Waals surface area contributed by atoms with Crippen molar-refractivity contribution in [2.75, 3.05) is 20.0 Å². The molecule has 0 fully saturated rings. The van der Waals surface area contributed by atoms with Gasteiger partial charge in [0.1, 0.15) is 0 Å². The maximum atomic E-state index is 14.1. The topological polar surface area (TPSA) is 70.5 Å². The normalized spacial score (nSPS) is 10.3. The average molecular weight is 238 g/mol. The fourth-order valence-corrected chi connectivity index (χ4v) is 1.55. The van der Waals surface area contributed by atoms with Gasteiger partial charge >= 0.3 is 0 Å². The van der Waals surface area contributed by atoms with Gasteiger partial charge in [-0.2, -0.15) is 0 Å². The standard InChI is InChI=1S/C11H11FN2O3/c1-15-8-4-3-6(9(12)10(8)16-2)7-5-14-17-11(7)13/h3-5H,13H2,1-2H3. The molecule has 1 aromatic heterocycles. The first-order chi connectivity index (χ1) is 8.19. The predicted molar refractivity (Wildman–Crippen MR) is 59.4 cm³/mol. The van der Waals surface area contributed by atoms with Gasteiger partial charge in [0.05, 0.1) is 26.0 Å². The van der Waals surface area contributed by atoms with Crippen LogP contribution >= 0.6 is 0 Å². The molecule has 2 N–H and O–H groups in total. The number of halogens is 1. The molecular formula is C11H11FN2O3. The number of anilines is 1. The van der Waals surface area contributed by atoms with Crippen molar-refractivity contribution in [1.29, 1.82) is 0 Å². The zero-order valence-corrected chi connectivity index (χ0v) is 9.36. The number of rotatable bonds is 3. The summed E-state index contributed by atoms with van der Waals surface area (Å²) in [6.07, 6.45) is 1.35. The van der Waals surface area contributed by atoms with E-state index in [1.165, 1.54) is 26.5 Å². The van der Waals surface area contributed by atoms with Gasteiger partial charge < -0.3 is 19.7 Å². The molecule has 0 aliphatic heterocycles. The highest BCUT2D eigenvalue weighted by Gasteiger charge is 2.19. The number of nitrogens with two attached hydrogens (primary N) is 1. The second kappa shape index (κ2) is 4.32. The van der Waals surface area contributed by atoms with Crippen molar-refractivity contribution >= 4 is 5.88 Å². The van der Waals surface area contributed by atoms with Gasteiger partial charge in [-0.1, -0.05) is 5.16 Å². The molecule has 90 valence electrons. The SMILES string of the molecule is COc1ccc(-c2cnoc2N)c(F)c1OC. The molecule has 6 heteroatoms. The van der Waals surface area contributed by atoms with Crippen LogP contribution in [0.4, 0.5) is 10.3 Å². The Labute approximate surface area is 96.9 Å². The Morgan fingerprint density at radius 2 is 2.00 bits per heavy atom. The van der Waals surface area contributed by atoms with E-state index >= 15 is 0 Å². The fraction of sp³-hybridized carbons (Fsp3) is 0.182. The minimum absolute atomic E-state index is 0.0191. The molecule has 0 saturated heterocycles. The number of nitrogen functional groups attached to an aromatic ring is 1. The summed E-state index contributed by atoms with van der Waals surface area (Å²) in [5.41, 5.74) is 6.17. The predicted octanol–water partition coefficient (Wildman–Crippen LogP) is 2.08. The van der Waals surface area contributed by atoms with E-state index in [9.17, 15) is 4.39 Å². The van der Waals surface area contributed by atoms with Crippen LogP contribution in [-0.4, -0.2) is 19.4 Å². The Balaban J connectivity index is 2.61. The van der Waals surface area contributed by atoms with Crippen LogP contribution < -0.4 is 15.2 Å². The van der Waals surface area contributed by atoms with E-state index < -0.39 is 5.82 Å². The number of nitrogens with zero attached hydrogens (tertiary/aromatic N) is 1. The number of ether oxygens (including phenoxy) is 2. The molecule has 2 aromatic rings. The second-order valence-corrected chi connectivity index (χ2v) is 3.27. The quantitative estimate of drug-likeness (QED) is 0.886. The number of methoxy groups -OCH3 is 2. The molecule has 0 aliphatic rings. The lowest BCUT2D eigenvalue weighted by molar-refractivity contribution is 0.338. The summed E-state index contributed by atoms with van der Waals surface area (Å²) < 4.78 is 28.8. The van der Waals surface area contributed by atoms with E-state index in [1.807, 2.05) is 0 Å². The van der Waals surface area contributed by atoms with Crippen molar-refractivity contribution in [2.24, 2.45) is 0 Å². The number of aromatic nitrogens is 1. The molecule has 0 amide bonds. The first-order valence-corrected chi connectivity index (χ1v) is 4.80. The summed E-state index contributed by atoms with van der Waals surface area (Å²) in [7, 11) is 2.80. The van der Waals surface area contributed by atoms with Gasteiger partial charge in [0.25, 0.3) is 0 Å². The Morgan fingerprint density at radius 1 is 1.24 bits per heavy atom. The largest absolute Gasteiger partial charge is 0.493 e. The van der Waals surface area contributed by atoms with Crippen LogP contribution in [-0.2, 0) is 0 Å². The average Bonchev–Trinajstić information content (AvgIpc) is 2.75. The molecule has 1 aromatic carbocycles. The van der Waals surface area contributed by atoms with E-state index in [1.54, 1.807) is 6.07 Å². The number of hydrogen-bond acceptors (Lipinski definition) is 5. The molecule has 1 heterocycles.